The molecular weight excluding hydrogens is 294 g/mol. The van der Waals surface area contributed by atoms with E-state index >= 15 is 0 Å². The first-order chi connectivity index (χ1) is 11.0. The van der Waals surface area contributed by atoms with E-state index in [0.717, 1.165) is 37.1 Å². The van der Waals surface area contributed by atoms with Crippen LogP contribution in [-0.4, -0.2) is 40.7 Å². The number of carbonyl (C=O) groups excluding carboxylic acids is 1. The molecule has 3 rings (SSSR count). The lowest BCUT2D eigenvalue weighted by Crippen LogP contribution is -2.36. The minimum atomic E-state index is -0.397. The van der Waals surface area contributed by atoms with Gasteiger partial charge in [-0.3, -0.25) is 9.48 Å². The van der Waals surface area contributed by atoms with Gasteiger partial charge in [-0.15, -0.1) is 0 Å². The van der Waals surface area contributed by atoms with Crippen LogP contribution in [-0.2, 0) is 16.5 Å². The molecule has 6 nitrogen and oxygen atoms in total. The topological polar surface area (TPSA) is 65.4 Å². The van der Waals surface area contributed by atoms with Gasteiger partial charge >= 0.3 is 0 Å². The molecule has 1 aromatic heterocycles. The SMILES string of the molecule is Cc1nn(C)c(C)c1C(=O)NCC1COC2(CCCCCC2)O1. The quantitative estimate of drug-likeness (QED) is 0.927. The van der Waals surface area contributed by atoms with Crippen LogP contribution in [0.3, 0.4) is 0 Å². The summed E-state index contributed by atoms with van der Waals surface area (Å²) in [4.78, 5) is 12.4. The minimum Gasteiger partial charge on any atom is -0.349 e. The van der Waals surface area contributed by atoms with Gasteiger partial charge in [-0.1, -0.05) is 12.8 Å². The molecule has 1 atom stereocenters. The van der Waals surface area contributed by atoms with Gasteiger partial charge in [0.25, 0.3) is 5.91 Å². The fraction of sp³-hybridized carbons (Fsp3) is 0.765. The number of nitrogens with zero attached hydrogens (tertiary/aromatic N) is 2. The van der Waals surface area contributed by atoms with Crippen LogP contribution in [0, 0.1) is 13.8 Å². The maximum absolute atomic E-state index is 12.4. The first-order valence-corrected chi connectivity index (χ1v) is 8.61. The van der Waals surface area contributed by atoms with E-state index in [1.165, 1.54) is 12.8 Å². The smallest absolute Gasteiger partial charge is 0.255 e. The van der Waals surface area contributed by atoms with Crippen LogP contribution in [0.15, 0.2) is 0 Å². The minimum absolute atomic E-state index is 0.0608. The van der Waals surface area contributed by atoms with E-state index in [1.807, 2.05) is 20.9 Å². The molecule has 0 aromatic carbocycles. The third-order valence-corrected chi connectivity index (χ3v) is 5.01. The Morgan fingerprint density at radius 2 is 2.00 bits per heavy atom. The van der Waals surface area contributed by atoms with Crippen LogP contribution in [0.4, 0.5) is 0 Å². The van der Waals surface area contributed by atoms with Crippen molar-refractivity contribution in [3.05, 3.63) is 17.0 Å². The molecule has 0 radical (unpaired) electrons. The van der Waals surface area contributed by atoms with Gasteiger partial charge in [-0.2, -0.15) is 5.10 Å². The fourth-order valence-electron chi connectivity index (χ4n) is 3.64. The maximum atomic E-state index is 12.4. The molecule has 1 saturated carbocycles. The average molecular weight is 321 g/mol. The standard InChI is InChI=1S/C17H27N3O3/c1-12-15(13(2)20(3)19-12)16(21)18-10-14-11-22-17(23-14)8-6-4-5-7-9-17/h14H,4-11H2,1-3H3,(H,18,21). The van der Waals surface area contributed by atoms with Gasteiger partial charge in [0, 0.05) is 32.1 Å². The van der Waals surface area contributed by atoms with Crippen molar-refractivity contribution in [2.75, 3.05) is 13.2 Å². The number of ether oxygens (including phenoxy) is 2. The van der Waals surface area contributed by atoms with Crippen LogP contribution >= 0.6 is 0 Å². The molecule has 2 aliphatic rings. The molecule has 2 heterocycles. The summed E-state index contributed by atoms with van der Waals surface area (Å²) >= 11 is 0. The Morgan fingerprint density at radius 3 is 2.61 bits per heavy atom. The fourth-order valence-corrected chi connectivity index (χ4v) is 3.64. The first-order valence-electron chi connectivity index (χ1n) is 8.61. The van der Waals surface area contributed by atoms with E-state index in [2.05, 4.69) is 10.4 Å². The van der Waals surface area contributed by atoms with Crippen LogP contribution in [0.5, 0.6) is 0 Å². The summed E-state index contributed by atoms with van der Waals surface area (Å²) in [6.45, 7) is 4.81. The molecule has 1 aromatic rings. The normalized spacial score (nSPS) is 23.9. The second-order valence-corrected chi connectivity index (χ2v) is 6.76. The van der Waals surface area contributed by atoms with Gasteiger partial charge in [0.05, 0.1) is 17.9 Å². The van der Waals surface area contributed by atoms with E-state index in [9.17, 15) is 4.79 Å². The predicted molar refractivity (Wildman–Crippen MR) is 86.3 cm³/mol. The number of carbonyl (C=O) groups is 1. The number of rotatable bonds is 3. The Hall–Kier alpha value is -1.40. The van der Waals surface area contributed by atoms with Crippen molar-refractivity contribution in [3.8, 4) is 0 Å². The first kappa shape index (κ1) is 16.5. The van der Waals surface area contributed by atoms with Gasteiger partial charge in [0.1, 0.15) is 6.10 Å². The van der Waals surface area contributed by atoms with E-state index in [1.54, 1.807) is 4.68 Å². The summed E-state index contributed by atoms with van der Waals surface area (Å²) in [5.74, 6) is -0.482. The summed E-state index contributed by atoms with van der Waals surface area (Å²) in [6.07, 6.45) is 6.72. The molecule has 1 N–H and O–H groups in total. The highest BCUT2D eigenvalue weighted by molar-refractivity contribution is 5.96. The molecule has 23 heavy (non-hydrogen) atoms. The second-order valence-electron chi connectivity index (χ2n) is 6.76. The Balaban J connectivity index is 1.56. The molecule has 1 aliphatic carbocycles. The van der Waals surface area contributed by atoms with Crippen molar-refractivity contribution in [1.82, 2.24) is 15.1 Å². The second kappa shape index (κ2) is 6.61. The molecule has 128 valence electrons. The highest BCUT2D eigenvalue weighted by atomic mass is 16.7. The Bertz CT molecular complexity index is 574. The molecule has 1 aliphatic heterocycles. The molecule has 1 amide bonds. The number of hydrogen-bond acceptors (Lipinski definition) is 4. The Morgan fingerprint density at radius 1 is 1.30 bits per heavy atom. The van der Waals surface area contributed by atoms with Crippen molar-refractivity contribution < 1.29 is 14.3 Å². The summed E-state index contributed by atoms with van der Waals surface area (Å²) in [5.41, 5.74) is 2.30. The lowest BCUT2D eigenvalue weighted by Gasteiger charge is -2.26. The van der Waals surface area contributed by atoms with Gasteiger partial charge in [0.2, 0.25) is 0 Å². The van der Waals surface area contributed by atoms with E-state index in [-0.39, 0.29) is 12.0 Å². The predicted octanol–water partition coefficient (Wildman–Crippen LogP) is 2.23. The zero-order valence-corrected chi connectivity index (χ0v) is 14.4. The van der Waals surface area contributed by atoms with Crippen molar-refractivity contribution in [2.45, 2.75) is 64.3 Å². The average Bonchev–Trinajstić information content (AvgIpc) is 2.91. The molecule has 2 fully saturated rings. The maximum Gasteiger partial charge on any atom is 0.255 e. The number of aromatic nitrogens is 2. The summed E-state index contributed by atoms with van der Waals surface area (Å²) in [7, 11) is 1.85. The third kappa shape index (κ3) is 3.43. The van der Waals surface area contributed by atoms with Gasteiger partial charge < -0.3 is 14.8 Å². The highest BCUT2D eigenvalue weighted by Crippen LogP contribution is 2.36. The Labute approximate surface area is 137 Å². The van der Waals surface area contributed by atoms with Crippen LogP contribution in [0.25, 0.3) is 0 Å². The third-order valence-electron chi connectivity index (χ3n) is 5.01. The van der Waals surface area contributed by atoms with Gasteiger partial charge in [-0.25, -0.2) is 0 Å². The highest BCUT2D eigenvalue weighted by Gasteiger charge is 2.41. The van der Waals surface area contributed by atoms with Crippen molar-refractivity contribution in [1.29, 1.82) is 0 Å². The number of hydrogen-bond donors (Lipinski definition) is 1. The molecule has 6 heteroatoms. The summed E-state index contributed by atoms with van der Waals surface area (Å²) in [5, 5.41) is 7.27. The van der Waals surface area contributed by atoms with Crippen molar-refractivity contribution in [2.24, 2.45) is 7.05 Å². The number of amides is 1. The van der Waals surface area contributed by atoms with Crippen LogP contribution < -0.4 is 5.32 Å². The van der Waals surface area contributed by atoms with Crippen molar-refractivity contribution in [3.63, 3.8) is 0 Å². The summed E-state index contributed by atoms with van der Waals surface area (Å²) in [6, 6.07) is 0. The molecule has 1 unspecified atom stereocenters. The van der Waals surface area contributed by atoms with Crippen LogP contribution in [0.2, 0.25) is 0 Å². The Kier molecular flexibility index (Phi) is 4.73. The lowest BCUT2D eigenvalue weighted by molar-refractivity contribution is -0.175. The molecule has 1 spiro atoms. The molecule has 1 saturated heterocycles. The monoisotopic (exact) mass is 321 g/mol. The summed E-state index contributed by atoms with van der Waals surface area (Å²) < 4.78 is 13.9. The van der Waals surface area contributed by atoms with E-state index in [4.69, 9.17) is 9.47 Å². The largest absolute Gasteiger partial charge is 0.349 e. The molecular formula is C17H27N3O3. The van der Waals surface area contributed by atoms with Crippen LogP contribution in [0.1, 0.15) is 60.3 Å². The van der Waals surface area contributed by atoms with E-state index in [0.29, 0.717) is 18.7 Å². The number of aryl methyl sites for hydroxylation is 2. The van der Waals surface area contributed by atoms with Crippen molar-refractivity contribution >= 4 is 5.91 Å². The zero-order valence-electron chi connectivity index (χ0n) is 14.4. The number of nitrogens with one attached hydrogen (secondary N) is 1. The van der Waals surface area contributed by atoms with Gasteiger partial charge in [-0.05, 0) is 26.7 Å². The van der Waals surface area contributed by atoms with Gasteiger partial charge in [0.15, 0.2) is 5.79 Å². The van der Waals surface area contributed by atoms with E-state index < -0.39 is 5.79 Å². The molecule has 0 bridgehead atoms. The lowest BCUT2D eigenvalue weighted by atomic mass is 10.1. The zero-order chi connectivity index (χ0) is 16.4.